The fraction of sp³-hybridized carbons (Fsp3) is 0.286. The number of benzene rings is 1. The minimum atomic E-state index is -0.962. The van der Waals surface area contributed by atoms with Crippen LogP contribution >= 0.6 is 0 Å². The molecule has 2 N–H and O–H groups in total. The van der Waals surface area contributed by atoms with Gasteiger partial charge in [-0.05, 0) is 26.0 Å². The molecule has 0 atom stereocenters. The molecule has 0 heterocycles. The maximum Gasteiger partial charge on any atom is 0.305 e. The molecule has 0 fully saturated rings. The summed E-state index contributed by atoms with van der Waals surface area (Å²) in [4.78, 5) is 22.1. The molecule has 0 radical (unpaired) electrons. The van der Waals surface area contributed by atoms with Crippen molar-refractivity contribution in [3.05, 3.63) is 35.9 Å². The summed E-state index contributed by atoms with van der Waals surface area (Å²) in [5.74, 6) is 3.70. The molecule has 0 saturated carbocycles. The van der Waals surface area contributed by atoms with Gasteiger partial charge in [-0.15, -0.1) is 0 Å². The zero-order chi connectivity index (χ0) is 13.6. The lowest BCUT2D eigenvalue weighted by atomic mass is 10.0. The molecular weight excluding hydrogens is 230 g/mol. The van der Waals surface area contributed by atoms with Crippen molar-refractivity contribution in [1.82, 2.24) is 5.32 Å². The van der Waals surface area contributed by atoms with Crippen molar-refractivity contribution in [2.24, 2.45) is 0 Å². The molecule has 0 spiro atoms. The third-order valence-electron chi connectivity index (χ3n) is 2.14. The van der Waals surface area contributed by atoms with E-state index in [9.17, 15) is 9.59 Å². The lowest BCUT2D eigenvalue weighted by molar-refractivity contribution is -0.138. The largest absolute Gasteiger partial charge is 0.481 e. The third-order valence-corrected chi connectivity index (χ3v) is 2.14. The second-order valence-electron chi connectivity index (χ2n) is 4.52. The molecule has 4 nitrogen and oxygen atoms in total. The normalized spacial score (nSPS) is 10.1. The maximum atomic E-state index is 11.5. The van der Waals surface area contributed by atoms with Crippen LogP contribution in [0.15, 0.2) is 30.3 Å². The van der Waals surface area contributed by atoms with Gasteiger partial charge in [0.15, 0.2) is 0 Å². The highest BCUT2D eigenvalue weighted by atomic mass is 16.4. The van der Waals surface area contributed by atoms with Gasteiger partial charge in [-0.25, -0.2) is 0 Å². The van der Waals surface area contributed by atoms with Gasteiger partial charge in [0, 0.05) is 17.0 Å². The summed E-state index contributed by atoms with van der Waals surface area (Å²) in [6, 6.07) is 9.11. The number of nitrogens with one attached hydrogen (secondary N) is 1. The first kappa shape index (κ1) is 13.8. The van der Waals surface area contributed by atoms with Crippen molar-refractivity contribution in [1.29, 1.82) is 0 Å². The van der Waals surface area contributed by atoms with Gasteiger partial charge < -0.3 is 10.4 Å². The molecule has 4 heteroatoms. The molecule has 0 aliphatic heterocycles. The van der Waals surface area contributed by atoms with E-state index in [1.54, 1.807) is 26.0 Å². The second-order valence-corrected chi connectivity index (χ2v) is 4.52. The second kappa shape index (κ2) is 5.87. The fourth-order valence-electron chi connectivity index (χ4n) is 1.41. The van der Waals surface area contributed by atoms with Crippen LogP contribution in [0.25, 0.3) is 0 Å². The molecule has 0 saturated heterocycles. The molecule has 0 aliphatic rings. The van der Waals surface area contributed by atoms with Crippen LogP contribution in [0.5, 0.6) is 0 Å². The van der Waals surface area contributed by atoms with Crippen LogP contribution in [0.3, 0.4) is 0 Å². The quantitative estimate of drug-likeness (QED) is 0.791. The highest BCUT2D eigenvalue weighted by Gasteiger charge is 2.22. The minimum absolute atomic E-state index is 0.147. The Balaban J connectivity index is 2.63. The average Bonchev–Trinajstić information content (AvgIpc) is 2.25. The first-order chi connectivity index (χ1) is 8.39. The number of carbonyl (C=O) groups is 2. The zero-order valence-corrected chi connectivity index (χ0v) is 10.4. The molecule has 0 aromatic heterocycles. The monoisotopic (exact) mass is 245 g/mol. The van der Waals surface area contributed by atoms with Gasteiger partial charge in [0.25, 0.3) is 5.91 Å². The minimum Gasteiger partial charge on any atom is -0.481 e. The van der Waals surface area contributed by atoms with E-state index in [1.165, 1.54) is 0 Å². The van der Waals surface area contributed by atoms with E-state index in [-0.39, 0.29) is 6.42 Å². The SMILES string of the molecule is CC(C)(CC(=O)O)NC(=O)C#Cc1ccccc1. The summed E-state index contributed by atoms with van der Waals surface area (Å²) in [7, 11) is 0. The van der Waals surface area contributed by atoms with Crippen molar-refractivity contribution >= 4 is 11.9 Å². The van der Waals surface area contributed by atoms with Gasteiger partial charge in [-0.2, -0.15) is 0 Å². The molecule has 94 valence electrons. The van der Waals surface area contributed by atoms with Crippen molar-refractivity contribution in [2.45, 2.75) is 25.8 Å². The number of carbonyl (C=O) groups excluding carboxylic acids is 1. The Kier molecular flexibility index (Phi) is 4.50. The molecule has 0 unspecified atom stereocenters. The van der Waals surface area contributed by atoms with Gasteiger partial charge in [-0.1, -0.05) is 24.1 Å². The molecule has 0 aliphatic carbocycles. The Morgan fingerprint density at radius 2 is 1.89 bits per heavy atom. The number of amides is 1. The standard InChI is InChI=1S/C14H15NO3/c1-14(2,10-13(17)18)15-12(16)9-8-11-6-4-3-5-7-11/h3-7H,10H2,1-2H3,(H,15,16)(H,17,18). The van der Waals surface area contributed by atoms with Crippen LogP contribution in [-0.2, 0) is 9.59 Å². The Hall–Kier alpha value is -2.28. The van der Waals surface area contributed by atoms with Crippen molar-refractivity contribution in [3.8, 4) is 11.8 Å². The van der Waals surface area contributed by atoms with Crippen molar-refractivity contribution in [2.75, 3.05) is 0 Å². The summed E-state index contributed by atoms with van der Waals surface area (Å²) in [6.07, 6.45) is -0.147. The molecule has 1 aromatic rings. The Labute approximate surface area is 106 Å². The van der Waals surface area contributed by atoms with E-state index in [0.717, 1.165) is 5.56 Å². The average molecular weight is 245 g/mol. The lowest BCUT2D eigenvalue weighted by Gasteiger charge is -2.22. The summed E-state index contributed by atoms with van der Waals surface area (Å²) in [5.41, 5.74) is -0.0717. The Bertz CT molecular complexity index is 495. The van der Waals surface area contributed by atoms with Crippen LogP contribution in [0.4, 0.5) is 0 Å². The first-order valence-electron chi connectivity index (χ1n) is 5.50. The smallest absolute Gasteiger partial charge is 0.305 e. The van der Waals surface area contributed by atoms with Crippen LogP contribution in [0, 0.1) is 11.8 Å². The van der Waals surface area contributed by atoms with E-state index in [2.05, 4.69) is 17.2 Å². The van der Waals surface area contributed by atoms with E-state index in [1.807, 2.05) is 18.2 Å². The van der Waals surface area contributed by atoms with Crippen LogP contribution in [0.1, 0.15) is 25.8 Å². The summed E-state index contributed by atoms with van der Waals surface area (Å²) < 4.78 is 0. The highest BCUT2D eigenvalue weighted by Crippen LogP contribution is 2.07. The molecule has 1 aromatic carbocycles. The number of carboxylic acid groups (broad SMARTS) is 1. The topological polar surface area (TPSA) is 66.4 Å². The predicted octanol–water partition coefficient (Wildman–Crippen LogP) is 1.41. The Morgan fingerprint density at radius 1 is 1.28 bits per heavy atom. The first-order valence-corrected chi connectivity index (χ1v) is 5.50. The van der Waals surface area contributed by atoms with Gasteiger partial charge >= 0.3 is 5.97 Å². The third kappa shape index (κ3) is 5.17. The van der Waals surface area contributed by atoms with Gasteiger partial charge in [0.1, 0.15) is 0 Å². The zero-order valence-electron chi connectivity index (χ0n) is 10.4. The maximum absolute atomic E-state index is 11.5. The number of aliphatic carboxylic acids is 1. The van der Waals surface area contributed by atoms with Gasteiger partial charge in [0.2, 0.25) is 0 Å². The van der Waals surface area contributed by atoms with Gasteiger partial charge in [0.05, 0.1) is 6.42 Å². The molecule has 0 bridgehead atoms. The van der Waals surface area contributed by atoms with E-state index in [0.29, 0.717) is 0 Å². The van der Waals surface area contributed by atoms with Crippen LogP contribution < -0.4 is 5.32 Å². The number of carboxylic acids is 1. The van der Waals surface area contributed by atoms with E-state index < -0.39 is 17.4 Å². The highest BCUT2D eigenvalue weighted by molar-refractivity contribution is 5.94. The van der Waals surface area contributed by atoms with Crippen molar-refractivity contribution < 1.29 is 14.7 Å². The molecule has 1 amide bonds. The summed E-state index contributed by atoms with van der Waals surface area (Å²) in [5, 5.41) is 11.2. The van der Waals surface area contributed by atoms with Crippen LogP contribution in [-0.4, -0.2) is 22.5 Å². The fourth-order valence-corrected chi connectivity index (χ4v) is 1.41. The molecule has 1 rings (SSSR count). The molecular formula is C14H15NO3. The van der Waals surface area contributed by atoms with E-state index >= 15 is 0 Å². The number of hydrogen-bond donors (Lipinski definition) is 2. The number of hydrogen-bond acceptors (Lipinski definition) is 2. The summed E-state index contributed by atoms with van der Waals surface area (Å²) in [6.45, 7) is 3.28. The van der Waals surface area contributed by atoms with Gasteiger partial charge in [-0.3, -0.25) is 9.59 Å². The summed E-state index contributed by atoms with van der Waals surface area (Å²) >= 11 is 0. The Morgan fingerprint density at radius 3 is 2.44 bits per heavy atom. The lowest BCUT2D eigenvalue weighted by Crippen LogP contribution is -2.44. The van der Waals surface area contributed by atoms with Crippen LogP contribution in [0.2, 0.25) is 0 Å². The van der Waals surface area contributed by atoms with Crippen molar-refractivity contribution in [3.63, 3.8) is 0 Å². The number of rotatable bonds is 3. The molecule has 18 heavy (non-hydrogen) atoms. The predicted molar refractivity (Wildman–Crippen MR) is 67.8 cm³/mol. The van der Waals surface area contributed by atoms with E-state index in [4.69, 9.17) is 5.11 Å².